The van der Waals surface area contributed by atoms with E-state index in [1.165, 1.54) is 0 Å². The Balaban J connectivity index is 1.85. The number of ether oxygens (including phenoxy) is 1. The summed E-state index contributed by atoms with van der Waals surface area (Å²) in [7, 11) is 0. The van der Waals surface area contributed by atoms with Crippen LogP contribution in [0.2, 0.25) is 0 Å². The van der Waals surface area contributed by atoms with Gasteiger partial charge in [0, 0.05) is 0 Å². The summed E-state index contributed by atoms with van der Waals surface area (Å²) in [5, 5.41) is 9.89. The van der Waals surface area contributed by atoms with E-state index in [1.54, 1.807) is 0 Å². The maximum absolute atomic E-state index is 13.5. The van der Waals surface area contributed by atoms with Crippen LogP contribution in [-0.2, 0) is 9.53 Å². The van der Waals surface area contributed by atoms with Crippen molar-refractivity contribution in [3.8, 4) is 0 Å². The van der Waals surface area contributed by atoms with Gasteiger partial charge < -0.3 is 9.84 Å². The number of fused-ring (bicyclic) bond motifs is 2. The van der Waals surface area contributed by atoms with Gasteiger partial charge in [0.1, 0.15) is 6.10 Å². The van der Waals surface area contributed by atoms with Crippen molar-refractivity contribution in [1.29, 1.82) is 0 Å². The Bertz CT molecular complexity index is 594. The Morgan fingerprint density at radius 2 is 1.55 bits per heavy atom. The van der Waals surface area contributed by atoms with Crippen LogP contribution in [0.1, 0.15) is 58.8 Å². The second-order valence-corrected chi connectivity index (χ2v) is 9.29. The van der Waals surface area contributed by atoms with Crippen molar-refractivity contribution < 1.29 is 41.0 Å². The fraction of sp³-hybridized carbons (Fsp3) is 0.950. The minimum Gasteiger partial charge on any atom is -0.458 e. The zero-order valence-corrected chi connectivity index (χ0v) is 16.5. The molecule has 3 aliphatic carbocycles. The fourth-order valence-corrected chi connectivity index (χ4v) is 5.82. The van der Waals surface area contributed by atoms with Crippen LogP contribution < -0.4 is 0 Å². The number of hydrogen-bond acceptors (Lipinski definition) is 3. The zero-order valence-electron chi connectivity index (χ0n) is 16.5. The van der Waals surface area contributed by atoms with Crippen LogP contribution in [0.25, 0.3) is 0 Å². The minimum absolute atomic E-state index is 0.0977. The molecular formula is C20H28F6O3. The van der Waals surface area contributed by atoms with Crippen molar-refractivity contribution in [2.45, 2.75) is 82.9 Å². The molecule has 168 valence electrons. The van der Waals surface area contributed by atoms with Crippen molar-refractivity contribution in [3.63, 3.8) is 0 Å². The van der Waals surface area contributed by atoms with Gasteiger partial charge in [0.15, 0.2) is 0 Å². The molecular weight excluding hydrogens is 402 g/mol. The monoisotopic (exact) mass is 430 g/mol. The van der Waals surface area contributed by atoms with Gasteiger partial charge in [-0.25, -0.2) is 0 Å². The second-order valence-electron chi connectivity index (χ2n) is 9.29. The largest absolute Gasteiger partial charge is 0.458 e. The van der Waals surface area contributed by atoms with E-state index in [-0.39, 0.29) is 17.8 Å². The molecule has 3 saturated carbocycles. The summed E-state index contributed by atoms with van der Waals surface area (Å²) in [6.45, 7) is 4.00. The molecule has 0 spiro atoms. The third-order valence-electron chi connectivity index (χ3n) is 7.81. The molecule has 6 unspecified atom stereocenters. The summed E-state index contributed by atoms with van der Waals surface area (Å²) in [6.07, 6.45) is -11.9. The third kappa shape index (κ3) is 3.88. The highest BCUT2D eigenvalue weighted by atomic mass is 19.4. The summed E-state index contributed by atoms with van der Waals surface area (Å²) >= 11 is 0. The minimum atomic E-state index is -6.01. The number of esters is 1. The Kier molecular flexibility index (Phi) is 5.95. The van der Waals surface area contributed by atoms with Gasteiger partial charge in [0.05, 0.1) is 5.92 Å². The summed E-state index contributed by atoms with van der Waals surface area (Å²) in [4.78, 5) is 12.7. The van der Waals surface area contributed by atoms with E-state index in [1.807, 2.05) is 13.8 Å². The molecule has 0 aromatic carbocycles. The van der Waals surface area contributed by atoms with Gasteiger partial charge in [0.25, 0.3) is 5.60 Å². The van der Waals surface area contributed by atoms with Crippen LogP contribution in [0.5, 0.6) is 0 Å². The molecule has 0 radical (unpaired) electrons. The molecule has 6 atom stereocenters. The van der Waals surface area contributed by atoms with Crippen LogP contribution in [0.3, 0.4) is 0 Å². The lowest BCUT2D eigenvalue weighted by atomic mass is 9.75. The van der Waals surface area contributed by atoms with E-state index in [2.05, 4.69) is 0 Å². The lowest BCUT2D eigenvalue weighted by molar-refractivity contribution is -0.392. The molecule has 0 aromatic heterocycles. The standard InChI is InChI=1S/C20H28F6O3/c1-10-11(2)14-8-13(10)9-15(14)17(27)29-16(7-12-5-3-4-6-12)18(28,19(21,22)23)20(24,25)26/h10-16,28H,3-9H2,1-2H3. The Morgan fingerprint density at radius 1 is 1.00 bits per heavy atom. The van der Waals surface area contributed by atoms with E-state index < -0.39 is 48.3 Å². The van der Waals surface area contributed by atoms with Crippen LogP contribution in [-0.4, -0.2) is 35.1 Å². The fourth-order valence-electron chi connectivity index (χ4n) is 5.82. The molecule has 0 aliphatic heterocycles. The number of halogens is 6. The highest BCUT2D eigenvalue weighted by Gasteiger charge is 2.75. The third-order valence-corrected chi connectivity index (χ3v) is 7.81. The first-order valence-corrected chi connectivity index (χ1v) is 10.3. The topological polar surface area (TPSA) is 46.5 Å². The van der Waals surface area contributed by atoms with Gasteiger partial charge in [-0.3, -0.25) is 4.79 Å². The Hall–Kier alpha value is -0.990. The van der Waals surface area contributed by atoms with Gasteiger partial charge >= 0.3 is 18.3 Å². The number of aliphatic hydroxyl groups is 1. The lowest BCUT2D eigenvalue weighted by Gasteiger charge is -2.40. The normalized spacial score (nSPS) is 34.6. The van der Waals surface area contributed by atoms with E-state index in [0.717, 1.165) is 6.42 Å². The molecule has 29 heavy (non-hydrogen) atoms. The van der Waals surface area contributed by atoms with Gasteiger partial charge in [-0.1, -0.05) is 39.5 Å². The van der Waals surface area contributed by atoms with Crippen LogP contribution >= 0.6 is 0 Å². The number of alkyl halides is 6. The molecule has 0 saturated heterocycles. The summed E-state index contributed by atoms with van der Waals surface area (Å²) in [5.74, 6) is -1.54. The Labute approximate surface area is 166 Å². The number of carbonyl (C=O) groups is 1. The summed E-state index contributed by atoms with van der Waals surface area (Å²) in [5.41, 5.74) is -5.07. The highest BCUT2D eigenvalue weighted by Crippen LogP contribution is 2.56. The SMILES string of the molecule is CC1C2CC(C(=O)OC(CC3CCCC3)C(O)(C(F)(F)F)C(F)(F)F)C(C2)C1C. The van der Waals surface area contributed by atoms with Crippen LogP contribution in [0.4, 0.5) is 26.3 Å². The van der Waals surface area contributed by atoms with Crippen LogP contribution in [0.15, 0.2) is 0 Å². The van der Waals surface area contributed by atoms with Gasteiger partial charge in [-0.05, 0) is 48.9 Å². The van der Waals surface area contributed by atoms with E-state index in [0.29, 0.717) is 38.0 Å². The van der Waals surface area contributed by atoms with Crippen molar-refractivity contribution >= 4 is 5.97 Å². The zero-order chi connectivity index (χ0) is 21.8. The van der Waals surface area contributed by atoms with E-state index in [4.69, 9.17) is 4.74 Å². The first-order valence-electron chi connectivity index (χ1n) is 10.3. The first kappa shape index (κ1) is 22.7. The van der Waals surface area contributed by atoms with Crippen LogP contribution in [0, 0.1) is 35.5 Å². The maximum atomic E-state index is 13.5. The highest BCUT2D eigenvalue weighted by molar-refractivity contribution is 5.74. The molecule has 0 heterocycles. The summed E-state index contributed by atoms with van der Waals surface area (Å²) in [6, 6.07) is 0. The Morgan fingerprint density at radius 3 is 2.00 bits per heavy atom. The quantitative estimate of drug-likeness (QED) is 0.478. The molecule has 0 aromatic rings. The summed E-state index contributed by atoms with van der Waals surface area (Å²) < 4.78 is 85.6. The average Bonchev–Trinajstić information content (AvgIpc) is 3.30. The first-order chi connectivity index (χ1) is 13.3. The molecule has 3 fully saturated rings. The van der Waals surface area contributed by atoms with Gasteiger partial charge in [-0.2, -0.15) is 26.3 Å². The molecule has 1 N–H and O–H groups in total. The smallest absolute Gasteiger partial charge is 0.430 e. The number of carbonyl (C=O) groups excluding carboxylic acids is 1. The predicted molar refractivity (Wildman–Crippen MR) is 91.5 cm³/mol. The predicted octanol–water partition coefficient (Wildman–Crippen LogP) is 5.26. The second kappa shape index (κ2) is 7.61. The van der Waals surface area contributed by atoms with Gasteiger partial charge in [0.2, 0.25) is 0 Å². The van der Waals surface area contributed by atoms with Crippen molar-refractivity contribution in [1.82, 2.24) is 0 Å². The number of hydrogen-bond donors (Lipinski definition) is 1. The van der Waals surface area contributed by atoms with E-state index in [9.17, 15) is 36.2 Å². The molecule has 3 aliphatic rings. The lowest BCUT2D eigenvalue weighted by Crippen LogP contribution is -2.65. The molecule has 3 rings (SSSR count). The molecule has 2 bridgehead atoms. The van der Waals surface area contributed by atoms with E-state index >= 15 is 0 Å². The average molecular weight is 430 g/mol. The molecule has 9 heteroatoms. The van der Waals surface area contributed by atoms with Crippen molar-refractivity contribution in [2.24, 2.45) is 35.5 Å². The van der Waals surface area contributed by atoms with Crippen molar-refractivity contribution in [3.05, 3.63) is 0 Å². The molecule has 3 nitrogen and oxygen atoms in total. The number of rotatable bonds is 5. The van der Waals surface area contributed by atoms with Gasteiger partial charge in [-0.15, -0.1) is 0 Å². The maximum Gasteiger partial charge on any atom is 0.430 e. The van der Waals surface area contributed by atoms with Crippen molar-refractivity contribution in [2.75, 3.05) is 0 Å². The molecule has 0 amide bonds.